The van der Waals surface area contributed by atoms with Crippen molar-refractivity contribution in [3.8, 4) is 5.75 Å². The molecule has 22 heavy (non-hydrogen) atoms. The molecule has 0 aliphatic rings. The predicted octanol–water partition coefficient (Wildman–Crippen LogP) is 2.84. The Morgan fingerprint density at radius 1 is 1.09 bits per heavy atom. The first-order valence-electron chi connectivity index (χ1n) is 6.59. The molecular formula is C15H15F2NO3S. The molecule has 0 aliphatic carbocycles. The van der Waals surface area contributed by atoms with E-state index in [4.69, 9.17) is 4.74 Å². The van der Waals surface area contributed by atoms with E-state index in [1.54, 1.807) is 24.3 Å². The minimum atomic E-state index is -3.94. The van der Waals surface area contributed by atoms with E-state index in [0.717, 1.165) is 12.1 Å². The maximum absolute atomic E-state index is 13.2. The molecule has 118 valence electrons. The van der Waals surface area contributed by atoms with Crippen LogP contribution in [0.4, 0.5) is 8.78 Å². The number of hydrogen-bond acceptors (Lipinski definition) is 3. The molecule has 0 amide bonds. The fraction of sp³-hybridized carbons (Fsp3) is 0.200. The third-order valence-corrected chi connectivity index (χ3v) is 4.33. The van der Waals surface area contributed by atoms with Crippen LogP contribution < -0.4 is 9.46 Å². The molecule has 7 heteroatoms. The van der Waals surface area contributed by atoms with Gasteiger partial charge in [-0.2, -0.15) is 0 Å². The van der Waals surface area contributed by atoms with Gasteiger partial charge in [-0.1, -0.05) is 18.2 Å². The SMILES string of the molecule is CCOc1ccccc1CNS(=O)(=O)c1ccc(F)c(F)c1. The standard InChI is InChI=1S/C15H15F2NO3S/c1-2-21-15-6-4-3-5-11(15)10-18-22(19,20)12-7-8-13(16)14(17)9-12/h3-9,18H,2,10H2,1H3. The van der Waals surface area contributed by atoms with Gasteiger partial charge in [0.1, 0.15) is 5.75 Å². The summed E-state index contributed by atoms with van der Waals surface area (Å²) in [4.78, 5) is -0.333. The highest BCUT2D eigenvalue weighted by atomic mass is 32.2. The van der Waals surface area contributed by atoms with Crippen LogP contribution in [0, 0.1) is 11.6 Å². The van der Waals surface area contributed by atoms with Gasteiger partial charge in [-0.3, -0.25) is 0 Å². The Labute approximate surface area is 127 Å². The molecule has 4 nitrogen and oxygen atoms in total. The zero-order valence-electron chi connectivity index (χ0n) is 11.8. The van der Waals surface area contributed by atoms with Crippen LogP contribution in [-0.4, -0.2) is 15.0 Å². The highest BCUT2D eigenvalue weighted by molar-refractivity contribution is 7.89. The molecule has 0 aromatic heterocycles. The topological polar surface area (TPSA) is 55.4 Å². The Morgan fingerprint density at radius 2 is 1.82 bits per heavy atom. The highest BCUT2D eigenvalue weighted by Gasteiger charge is 2.17. The van der Waals surface area contributed by atoms with Crippen LogP contribution in [0.25, 0.3) is 0 Å². The summed E-state index contributed by atoms with van der Waals surface area (Å²) in [5, 5.41) is 0. The largest absolute Gasteiger partial charge is 0.494 e. The number of halogens is 2. The van der Waals surface area contributed by atoms with Crippen LogP contribution in [0.1, 0.15) is 12.5 Å². The summed E-state index contributed by atoms with van der Waals surface area (Å²) >= 11 is 0. The molecule has 0 atom stereocenters. The summed E-state index contributed by atoms with van der Waals surface area (Å²) in [6.07, 6.45) is 0. The zero-order chi connectivity index (χ0) is 16.2. The van der Waals surface area contributed by atoms with Gasteiger partial charge >= 0.3 is 0 Å². The van der Waals surface area contributed by atoms with Crippen molar-refractivity contribution in [2.75, 3.05) is 6.61 Å². The van der Waals surface area contributed by atoms with Crippen LogP contribution in [0.5, 0.6) is 5.75 Å². The Balaban J connectivity index is 2.18. The van der Waals surface area contributed by atoms with Crippen LogP contribution in [0.15, 0.2) is 47.4 Å². The molecule has 2 aromatic carbocycles. The molecule has 0 fully saturated rings. The Hall–Kier alpha value is -1.99. The molecule has 0 spiro atoms. The third kappa shape index (κ3) is 3.80. The molecule has 0 aliphatic heterocycles. The molecular weight excluding hydrogens is 312 g/mol. The van der Waals surface area contributed by atoms with Gasteiger partial charge in [-0.05, 0) is 31.2 Å². The van der Waals surface area contributed by atoms with E-state index in [1.807, 2.05) is 6.92 Å². The highest BCUT2D eigenvalue weighted by Crippen LogP contribution is 2.19. The third-order valence-electron chi connectivity index (χ3n) is 2.93. The molecule has 2 rings (SSSR count). The maximum Gasteiger partial charge on any atom is 0.240 e. The Bertz CT molecular complexity index is 763. The van der Waals surface area contributed by atoms with Gasteiger partial charge in [-0.15, -0.1) is 0 Å². The average molecular weight is 327 g/mol. The van der Waals surface area contributed by atoms with E-state index in [0.29, 0.717) is 24.0 Å². The van der Waals surface area contributed by atoms with Gasteiger partial charge in [0.05, 0.1) is 11.5 Å². The van der Waals surface area contributed by atoms with Crippen molar-refractivity contribution in [3.63, 3.8) is 0 Å². The van der Waals surface area contributed by atoms with Crippen molar-refractivity contribution in [1.82, 2.24) is 4.72 Å². The summed E-state index contributed by atoms with van der Waals surface area (Å²) in [6, 6.07) is 9.41. The first kappa shape index (κ1) is 16.4. The predicted molar refractivity (Wildman–Crippen MR) is 78.0 cm³/mol. The zero-order valence-corrected chi connectivity index (χ0v) is 12.7. The second kappa shape index (κ2) is 6.85. The number of rotatable bonds is 6. The van der Waals surface area contributed by atoms with Crippen molar-refractivity contribution in [3.05, 3.63) is 59.7 Å². The lowest BCUT2D eigenvalue weighted by Crippen LogP contribution is -2.23. The van der Waals surface area contributed by atoms with Gasteiger partial charge in [0, 0.05) is 12.1 Å². The summed E-state index contributed by atoms with van der Waals surface area (Å²) in [5.41, 5.74) is 0.649. The molecule has 1 N–H and O–H groups in total. The van der Waals surface area contributed by atoms with E-state index in [1.165, 1.54) is 0 Å². The van der Waals surface area contributed by atoms with Crippen molar-refractivity contribution < 1.29 is 21.9 Å². The first-order valence-corrected chi connectivity index (χ1v) is 8.08. The van der Waals surface area contributed by atoms with Crippen molar-refractivity contribution in [2.45, 2.75) is 18.4 Å². The van der Waals surface area contributed by atoms with Gasteiger partial charge in [0.25, 0.3) is 0 Å². The summed E-state index contributed by atoms with van der Waals surface area (Å²) in [6.45, 7) is 2.26. The normalized spacial score (nSPS) is 11.4. The van der Waals surface area contributed by atoms with Crippen molar-refractivity contribution in [1.29, 1.82) is 0 Å². The number of hydrogen-bond donors (Lipinski definition) is 1. The van der Waals surface area contributed by atoms with E-state index in [9.17, 15) is 17.2 Å². The Morgan fingerprint density at radius 3 is 2.50 bits per heavy atom. The second-order valence-corrected chi connectivity index (χ2v) is 6.21. The summed E-state index contributed by atoms with van der Waals surface area (Å²) in [5.74, 6) is -1.74. The quantitative estimate of drug-likeness (QED) is 0.887. The molecule has 0 unspecified atom stereocenters. The number of benzene rings is 2. The van der Waals surface area contributed by atoms with E-state index in [-0.39, 0.29) is 11.4 Å². The molecule has 0 saturated carbocycles. The molecule has 2 aromatic rings. The van der Waals surface area contributed by atoms with E-state index < -0.39 is 21.7 Å². The molecule has 0 bridgehead atoms. The number of nitrogens with one attached hydrogen (secondary N) is 1. The lowest BCUT2D eigenvalue weighted by Gasteiger charge is -2.11. The van der Waals surface area contributed by atoms with Crippen LogP contribution in [-0.2, 0) is 16.6 Å². The second-order valence-electron chi connectivity index (χ2n) is 4.44. The number of para-hydroxylation sites is 1. The van der Waals surface area contributed by atoms with E-state index in [2.05, 4.69) is 4.72 Å². The average Bonchev–Trinajstić information content (AvgIpc) is 2.49. The number of sulfonamides is 1. The van der Waals surface area contributed by atoms with Crippen LogP contribution in [0.2, 0.25) is 0 Å². The van der Waals surface area contributed by atoms with Gasteiger partial charge < -0.3 is 4.74 Å². The van der Waals surface area contributed by atoms with Gasteiger partial charge in [-0.25, -0.2) is 21.9 Å². The van der Waals surface area contributed by atoms with E-state index >= 15 is 0 Å². The summed E-state index contributed by atoms with van der Waals surface area (Å²) < 4.78 is 58.0. The van der Waals surface area contributed by atoms with Gasteiger partial charge in [0.15, 0.2) is 11.6 Å². The minimum Gasteiger partial charge on any atom is -0.494 e. The fourth-order valence-electron chi connectivity index (χ4n) is 1.85. The minimum absolute atomic E-state index is 0.0164. The first-order chi connectivity index (χ1) is 10.4. The smallest absolute Gasteiger partial charge is 0.240 e. The van der Waals surface area contributed by atoms with Crippen LogP contribution in [0.3, 0.4) is 0 Å². The monoisotopic (exact) mass is 327 g/mol. The molecule has 0 saturated heterocycles. The van der Waals surface area contributed by atoms with Crippen molar-refractivity contribution >= 4 is 10.0 Å². The molecule has 0 radical (unpaired) electrons. The van der Waals surface area contributed by atoms with Crippen LogP contribution >= 0.6 is 0 Å². The lowest BCUT2D eigenvalue weighted by atomic mass is 10.2. The molecule has 0 heterocycles. The number of ether oxygens (including phenoxy) is 1. The van der Waals surface area contributed by atoms with Crippen molar-refractivity contribution in [2.24, 2.45) is 0 Å². The Kier molecular flexibility index (Phi) is 5.10. The lowest BCUT2D eigenvalue weighted by molar-refractivity contribution is 0.336. The van der Waals surface area contributed by atoms with Gasteiger partial charge in [0.2, 0.25) is 10.0 Å². The summed E-state index contributed by atoms with van der Waals surface area (Å²) in [7, 11) is -3.94. The fourth-order valence-corrected chi connectivity index (χ4v) is 2.86. The maximum atomic E-state index is 13.2.